The molecule has 1 aliphatic rings. The van der Waals surface area contributed by atoms with Crippen LogP contribution in [0.1, 0.15) is 62.0 Å². The summed E-state index contributed by atoms with van der Waals surface area (Å²) in [5, 5.41) is 15.7. The fraction of sp³-hybridized carbons (Fsp3) is 0.273. The standard InChI is InChI=1S/C33H33N3O4/c1-20-10-12-26-27(16-20)35(4)14-15-36(32(26)23-8-6-5-7-9-23)19-28(37)24-11-13-29-25(17-24)18-30(39-29)33(38)31-21(2)34-40-22(31)3/h5-13,16-18,32-33,38H,14-15,19H2,1-4H3. The van der Waals surface area contributed by atoms with E-state index in [1.54, 1.807) is 32.0 Å². The highest BCUT2D eigenvalue weighted by Crippen LogP contribution is 2.38. The van der Waals surface area contributed by atoms with Crippen LogP contribution in [0.25, 0.3) is 11.0 Å². The van der Waals surface area contributed by atoms with E-state index in [9.17, 15) is 9.90 Å². The Labute approximate surface area is 233 Å². The Morgan fingerprint density at radius 2 is 1.82 bits per heavy atom. The van der Waals surface area contributed by atoms with Crippen molar-refractivity contribution in [3.05, 3.63) is 118 Å². The van der Waals surface area contributed by atoms with Crippen molar-refractivity contribution in [2.75, 3.05) is 31.6 Å². The summed E-state index contributed by atoms with van der Waals surface area (Å²) in [4.78, 5) is 18.3. The Balaban J connectivity index is 1.31. The molecule has 1 aliphatic heterocycles. The lowest BCUT2D eigenvalue weighted by Crippen LogP contribution is -2.36. The van der Waals surface area contributed by atoms with Crippen LogP contribution >= 0.6 is 0 Å². The Morgan fingerprint density at radius 3 is 2.58 bits per heavy atom. The van der Waals surface area contributed by atoms with Gasteiger partial charge in [-0.15, -0.1) is 0 Å². The van der Waals surface area contributed by atoms with E-state index >= 15 is 0 Å². The molecule has 6 rings (SSSR count). The van der Waals surface area contributed by atoms with Crippen molar-refractivity contribution in [3.63, 3.8) is 0 Å². The van der Waals surface area contributed by atoms with Gasteiger partial charge in [0.15, 0.2) is 5.78 Å². The van der Waals surface area contributed by atoms with E-state index in [1.165, 1.54) is 22.4 Å². The van der Waals surface area contributed by atoms with E-state index < -0.39 is 6.10 Å². The molecule has 0 saturated heterocycles. The van der Waals surface area contributed by atoms with Crippen molar-refractivity contribution in [1.29, 1.82) is 0 Å². The number of aryl methyl sites for hydroxylation is 3. The molecule has 0 amide bonds. The van der Waals surface area contributed by atoms with Crippen LogP contribution in [-0.4, -0.2) is 47.6 Å². The number of carbonyl (C=O) groups is 1. The highest BCUT2D eigenvalue weighted by atomic mass is 16.5. The molecule has 3 heterocycles. The number of ketones is 1. The lowest BCUT2D eigenvalue weighted by molar-refractivity contribution is 0.0913. The zero-order chi connectivity index (χ0) is 28.0. The highest BCUT2D eigenvalue weighted by Gasteiger charge is 2.31. The summed E-state index contributed by atoms with van der Waals surface area (Å²) < 4.78 is 11.2. The van der Waals surface area contributed by atoms with E-state index in [-0.39, 0.29) is 18.4 Å². The van der Waals surface area contributed by atoms with Gasteiger partial charge in [0.25, 0.3) is 0 Å². The summed E-state index contributed by atoms with van der Waals surface area (Å²) in [5.74, 6) is 0.977. The normalized spacial score (nSPS) is 16.6. The van der Waals surface area contributed by atoms with Crippen LogP contribution in [0.2, 0.25) is 0 Å². The molecule has 2 atom stereocenters. The number of furan rings is 1. The minimum absolute atomic E-state index is 0.0371. The van der Waals surface area contributed by atoms with Gasteiger partial charge in [-0.3, -0.25) is 9.69 Å². The summed E-state index contributed by atoms with van der Waals surface area (Å²) in [6, 6.07) is 24.2. The molecule has 40 heavy (non-hydrogen) atoms. The van der Waals surface area contributed by atoms with Crippen molar-refractivity contribution >= 4 is 22.4 Å². The van der Waals surface area contributed by atoms with Gasteiger partial charge in [-0.2, -0.15) is 0 Å². The molecule has 0 spiro atoms. The predicted octanol–water partition coefficient (Wildman–Crippen LogP) is 6.15. The fourth-order valence-electron chi connectivity index (χ4n) is 5.81. The van der Waals surface area contributed by atoms with Crippen molar-refractivity contribution in [2.45, 2.75) is 32.9 Å². The van der Waals surface area contributed by atoms with Crippen LogP contribution in [-0.2, 0) is 0 Å². The molecule has 0 saturated carbocycles. The number of fused-ring (bicyclic) bond motifs is 2. The van der Waals surface area contributed by atoms with E-state index in [1.807, 2.05) is 12.1 Å². The summed E-state index contributed by atoms with van der Waals surface area (Å²) >= 11 is 0. The quantitative estimate of drug-likeness (QED) is 0.261. The first kappa shape index (κ1) is 26.0. The number of carbonyl (C=O) groups excluding carboxylic acids is 1. The smallest absolute Gasteiger partial charge is 0.176 e. The molecule has 0 radical (unpaired) electrons. The maximum absolute atomic E-state index is 13.8. The van der Waals surface area contributed by atoms with E-state index in [2.05, 4.69) is 71.4 Å². The number of anilines is 1. The lowest BCUT2D eigenvalue weighted by atomic mass is 9.94. The molecule has 204 valence electrons. The van der Waals surface area contributed by atoms with Gasteiger partial charge >= 0.3 is 0 Å². The predicted molar refractivity (Wildman–Crippen MR) is 155 cm³/mol. The average Bonchev–Trinajstić information content (AvgIpc) is 3.50. The first-order valence-electron chi connectivity index (χ1n) is 13.6. The summed E-state index contributed by atoms with van der Waals surface area (Å²) in [6.07, 6.45) is -0.998. The lowest BCUT2D eigenvalue weighted by Gasteiger charge is -2.30. The molecule has 0 fully saturated rings. The van der Waals surface area contributed by atoms with Crippen LogP contribution in [0.4, 0.5) is 5.69 Å². The molecule has 7 heteroatoms. The zero-order valence-electron chi connectivity index (χ0n) is 23.2. The van der Waals surface area contributed by atoms with Crippen LogP contribution in [0.3, 0.4) is 0 Å². The number of hydrogen-bond donors (Lipinski definition) is 1. The largest absolute Gasteiger partial charge is 0.458 e. The first-order chi connectivity index (χ1) is 19.3. The number of benzene rings is 3. The van der Waals surface area contributed by atoms with Gasteiger partial charge in [0, 0.05) is 36.8 Å². The SMILES string of the molecule is Cc1ccc2c(c1)N(C)CCN(CC(=O)c1ccc3oc(C(O)c4c(C)noc4C)cc3c1)C2c1ccccc1. The number of hydrogen-bond acceptors (Lipinski definition) is 7. The van der Waals surface area contributed by atoms with Crippen molar-refractivity contribution in [3.8, 4) is 0 Å². The Bertz CT molecular complexity index is 1670. The number of aliphatic hydroxyl groups is 1. The van der Waals surface area contributed by atoms with E-state index in [0.717, 1.165) is 18.5 Å². The minimum Gasteiger partial charge on any atom is -0.458 e. The topological polar surface area (TPSA) is 83.0 Å². The molecule has 0 bridgehead atoms. The van der Waals surface area contributed by atoms with E-state index in [0.29, 0.717) is 33.9 Å². The second-order valence-electron chi connectivity index (χ2n) is 10.7. The third kappa shape index (κ3) is 4.72. The number of rotatable bonds is 6. The molecule has 0 aliphatic carbocycles. The molecular weight excluding hydrogens is 502 g/mol. The van der Waals surface area contributed by atoms with Crippen molar-refractivity contribution < 1.29 is 18.8 Å². The fourth-order valence-corrected chi connectivity index (χ4v) is 5.81. The Morgan fingerprint density at radius 1 is 1.02 bits per heavy atom. The second-order valence-corrected chi connectivity index (χ2v) is 10.7. The third-order valence-corrected chi connectivity index (χ3v) is 7.93. The van der Waals surface area contributed by atoms with Gasteiger partial charge in [-0.05, 0) is 67.8 Å². The Kier molecular flexibility index (Phi) is 6.78. The van der Waals surface area contributed by atoms with Crippen LogP contribution < -0.4 is 4.90 Å². The molecular formula is C33H33N3O4. The molecule has 3 aromatic carbocycles. The number of aliphatic hydroxyl groups excluding tert-OH is 1. The zero-order valence-corrected chi connectivity index (χ0v) is 23.2. The molecule has 2 unspecified atom stereocenters. The summed E-state index contributed by atoms with van der Waals surface area (Å²) in [5.41, 5.74) is 7.23. The number of nitrogens with zero attached hydrogens (tertiary/aromatic N) is 3. The van der Waals surface area contributed by atoms with Crippen molar-refractivity contribution in [1.82, 2.24) is 10.1 Å². The number of likely N-dealkylation sites (N-methyl/N-ethyl adjacent to an activating group) is 1. The van der Waals surface area contributed by atoms with Crippen LogP contribution in [0.5, 0.6) is 0 Å². The van der Waals surface area contributed by atoms with Gasteiger partial charge in [0.2, 0.25) is 0 Å². The summed E-state index contributed by atoms with van der Waals surface area (Å²) in [7, 11) is 2.12. The van der Waals surface area contributed by atoms with Crippen LogP contribution in [0, 0.1) is 20.8 Å². The minimum atomic E-state index is -0.998. The van der Waals surface area contributed by atoms with Crippen LogP contribution in [0.15, 0.2) is 81.7 Å². The maximum Gasteiger partial charge on any atom is 0.176 e. The summed E-state index contributed by atoms with van der Waals surface area (Å²) in [6.45, 7) is 7.51. The molecule has 2 aromatic heterocycles. The third-order valence-electron chi connectivity index (χ3n) is 7.93. The number of aromatic nitrogens is 1. The Hall–Kier alpha value is -4.20. The average molecular weight is 536 g/mol. The number of Topliss-reactive ketones (excluding diaryl/α,β-unsaturated/α-hetero) is 1. The highest BCUT2D eigenvalue weighted by molar-refractivity contribution is 6.00. The van der Waals surface area contributed by atoms with Gasteiger partial charge in [0.1, 0.15) is 23.2 Å². The second kappa shape index (κ2) is 10.4. The maximum atomic E-state index is 13.8. The molecule has 7 nitrogen and oxygen atoms in total. The molecule has 1 N–H and O–H groups in total. The van der Waals surface area contributed by atoms with Crippen molar-refractivity contribution in [2.24, 2.45) is 0 Å². The van der Waals surface area contributed by atoms with Gasteiger partial charge < -0.3 is 18.9 Å². The van der Waals surface area contributed by atoms with E-state index in [4.69, 9.17) is 8.94 Å². The first-order valence-corrected chi connectivity index (χ1v) is 13.6. The van der Waals surface area contributed by atoms with Gasteiger partial charge in [0.05, 0.1) is 23.8 Å². The van der Waals surface area contributed by atoms with Gasteiger partial charge in [-0.1, -0.05) is 47.6 Å². The van der Waals surface area contributed by atoms with Gasteiger partial charge in [-0.25, -0.2) is 0 Å². The monoisotopic (exact) mass is 535 g/mol. The molecule has 5 aromatic rings.